The lowest BCUT2D eigenvalue weighted by Gasteiger charge is -2.24. The van der Waals surface area contributed by atoms with Crippen LogP contribution in [-0.4, -0.2) is 38.2 Å². The van der Waals surface area contributed by atoms with Crippen LogP contribution in [0.4, 0.5) is 5.69 Å². The summed E-state index contributed by atoms with van der Waals surface area (Å²) in [6.07, 6.45) is 8.24. The highest BCUT2D eigenvalue weighted by Gasteiger charge is 2.38. The number of anilines is 1. The third-order valence-electron chi connectivity index (χ3n) is 5.95. The summed E-state index contributed by atoms with van der Waals surface area (Å²) in [5.41, 5.74) is 1.74. The summed E-state index contributed by atoms with van der Waals surface area (Å²) in [5.74, 6) is 1.50. The van der Waals surface area contributed by atoms with Gasteiger partial charge in [0, 0.05) is 17.3 Å². The minimum atomic E-state index is -0.0801. The molecular weight excluding hydrogens is 328 g/mol. The molecule has 1 aliphatic heterocycles. The van der Waals surface area contributed by atoms with Crippen LogP contribution in [0.3, 0.4) is 0 Å². The maximum absolute atomic E-state index is 12.7. The third kappa shape index (κ3) is 3.00. The molecule has 0 spiro atoms. The van der Waals surface area contributed by atoms with Crippen molar-refractivity contribution in [2.45, 2.75) is 63.1 Å². The molecule has 3 aliphatic rings. The highest BCUT2D eigenvalue weighted by Crippen LogP contribution is 2.37. The van der Waals surface area contributed by atoms with Crippen molar-refractivity contribution in [3.63, 3.8) is 0 Å². The lowest BCUT2D eigenvalue weighted by molar-refractivity contribution is -0.117. The van der Waals surface area contributed by atoms with Crippen LogP contribution in [-0.2, 0) is 4.79 Å². The minimum Gasteiger partial charge on any atom is -0.325 e. The second kappa shape index (κ2) is 6.46. The van der Waals surface area contributed by atoms with E-state index in [1.54, 1.807) is 0 Å². The molecule has 2 aromatic rings. The molecule has 3 atom stereocenters. The highest BCUT2D eigenvalue weighted by molar-refractivity contribution is 5.95. The van der Waals surface area contributed by atoms with Gasteiger partial charge in [-0.05, 0) is 60.6 Å². The number of nitrogens with zero attached hydrogens (tertiary/aromatic N) is 4. The Labute approximate surface area is 152 Å². The molecule has 1 saturated heterocycles. The van der Waals surface area contributed by atoms with Crippen molar-refractivity contribution in [1.29, 1.82) is 0 Å². The average Bonchev–Trinajstić information content (AvgIpc) is 3.22. The van der Waals surface area contributed by atoms with Gasteiger partial charge in [-0.3, -0.25) is 4.79 Å². The number of hydrogen-bond acceptors (Lipinski definition) is 5. The standard InChI is InChI=1S/C19H24N6O/c26-19(17-11-12-4-1-2-7-16(12)21-17)20-14-6-3-5-13(10-14)18-22-23-24-25(18)15-8-9-15/h3,5-6,10,12,15-17,21H,1-2,4,7-9,11H2,(H,20,26). The van der Waals surface area contributed by atoms with Gasteiger partial charge in [0.25, 0.3) is 0 Å². The largest absolute Gasteiger partial charge is 0.325 e. The van der Waals surface area contributed by atoms with E-state index in [0.717, 1.165) is 36.3 Å². The first-order valence-electron chi connectivity index (χ1n) is 9.73. The van der Waals surface area contributed by atoms with Crippen LogP contribution in [0.25, 0.3) is 11.4 Å². The van der Waals surface area contributed by atoms with E-state index in [-0.39, 0.29) is 11.9 Å². The molecule has 136 valence electrons. The number of aromatic nitrogens is 4. The Hall–Kier alpha value is -2.28. The predicted molar refractivity (Wildman–Crippen MR) is 97.4 cm³/mol. The van der Waals surface area contributed by atoms with E-state index >= 15 is 0 Å². The molecular formula is C19H24N6O. The van der Waals surface area contributed by atoms with Gasteiger partial charge >= 0.3 is 0 Å². The fourth-order valence-corrected chi connectivity index (χ4v) is 4.44. The van der Waals surface area contributed by atoms with Crippen molar-refractivity contribution in [3.8, 4) is 11.4 Å². The summed E-state index contributed by atoms with van der Waals surface area (Å²) in [6.45, 7) is 0. The summed E-state index contributed by atoms with van der Waals surface area (Å²) in [4.78, 5) is 12.7. The van der Waals surface area contributed by atoms with Crippen molar-refractivity contribution < 1.29 is 4.79 Å². The fourth-order valence-electron chi connectivity index (χ4n) is 4.44. The van der Waals surface area contributed by atoms with Gasteiger partial charge < -0.3 is 10.6 Å². The van der Waals surface area contributed by atoms with E-state index in [0.29, 0.717) is 18.0 Å². The monoisotopic (exact) mass is 352 g/mol. The van der Waals surface area contributed by atoms with Crippen LogP contribution >= 0.6 is 0 Å². The average molecular weight is 352 g/mol. The molecule has 2 saturated carbocycles. The Morgan fingerprint density at radius 1 is 1.19 bits per heavy atom. The molecule has 1 amide bonds. The van der Waals surface area contributed by atoms with E-state index in [1.807, 2.05) is 28.9 Å². The Bertz CT molecular complexity index is 800. The fraction of sp³-hybridized carbons (Fsp3) is 0.579. The van der Waals surface area contributed by atoms with Crippen LogP contribution in [0.2, 0.25) is 0 Å². The molecule has 1 aromatic heterocycles. The number of amides is 1. The van der Waals surface area contributed by atoms with E-state index < -0.39 is 0 Å². The number of fused-ring (bicyclic) bond motifs is 1. The van der Waals surface area contributed by atoms with Gasteiger partial charge in [0.1, 0.15) is 0 Å². The predicted octanol–water partition coefficient (Wildman–Crippen LogP) is 2.53. The van der Waals surface area contributed by atoms with Crippen LogP contribution in [0, 0.1) is 5.92 Å². The van der Waals surface area contributed by atoms with Gasteiger partial charge in [0.05, 0.1) is 12.1 Å². The number of benzene rings is 1. The smallest absolute Gasteiger partial charge is 0.241 e. The van der Waals surface area contributed by atoms with Crippen LogP contribution in [0.5, 0.6) is 0 Å². The van der Waals surface area contributed by atoms with E-state index in [4.69, 9.17) is 0 Å². The van der Waals surface area contributed by atoms with Crippen LogP contribution in [0.1, 0.15) is 51.0 Å². The lowest BCUT2D eigenvalue weighted by atomic mass is 9.85. The zero-order valence-corrected chi connectivity index (χ0v) is 14.8. The summed E-state index contributed by atoms with van der Waals surface area (Å²) in [6, 6.07) is 8.68. The second-order valence-electron chi connectivity index (χ2n) is 7.85. The van der Waals surface area contributed by atoms with Crippen molar-refractivity contribution >= 4 is 11.6 Å². The summed E-state index contributed by atoms with van der Waals surface area (Å²) >= 11 is 0. The van der Waals surface area contributed by atoms with E-state index in [1.165, 1.54) is 25.7 Å². The summed E-state index contributed by atoms with van der Waals surface area (Å²) in [7, 11) is 0. The summed E-state index contributed by atoms with van der Waals surface area (Å²) in [5, 5.41) is 18.7. The van der Waals surface area contributed by atoms with Crippen molar-refractivity contribution in [2.24, 2.45) is 5.92 Å². The minimum absolute atomic E-state index is 0.0679. The molecule has 2 heterocycles. The first-order chi connectivity index (χ1) is 12.8. The van der Waals surface area contributed by atoms with Crippen molar-refractivity contribution in [3.05, 3.63) is 24.3 Å². The molecule has 7 nitrogen and oxygen atoms in total. The number of nitrogens with one attached hydrogen (secondary N) is 2. The molecule has 7 heteroatoms. The van der Waals surface area contributed by atoms with Gasteiger partial charge in [-0.25, -0.2) is 4.68 Å². The number of carbonyl (C=O) groups is 1. The maximum Gasteiger partial charge on any atom is 0.241 e. The van der Waals surface area contributed by atoms with Crippen LogP contribution < -0.4 is 10.6 Å². The molecule has 2 N–H and O–H groups in total. The van der Waals surface area contributed by atoms with Gasteiger partial charge in [0.15, 0.2) is 5.82 Å². The highest BCUT2D eigenvalue weighted by atomic mass is 16.2. The third-order valence-corrected chi connectivity index (χ3v) is 5.95. The van der Waals surface area contributed by atoms with E-state index in [2.05, 4.69) is 26.2 Å². The van der Waals surface area contributed by atoms with Gasteiger partial charge in [0.2, 0.25) is 5.91 Å². The zero-order valence-electron chi connectivity index (χ0n) is 14.8. The normalized spacial score (nSPS) is 27.9. The Morgan fingerprint density at radius 2 is 2.08 bits per heavy atom. The molecule has 2 aliphatic carbocycles. The number of tetrazole rings is 1. The van der Waals surface area contributed by atoms with Gasteiger partial charge in [-0.1, -0.05) is 25.0 Å². The van der Waals surface area contributed by atoms with Crippen molar-refractivity contribution in [1.82, 2.24) is 25.5 Å². The maximum atomic E-state index is 12.7. The van der Waals surface area contributed by atoms with Gasteiger partial charge in [-0.2, -0.15) is 0 Å². The zero-order chi connectivity index (χ0) is 17.5. The second-order valence-corrected chi connectivity index (χ2v) is 7.85. The molecule has 0 bridgehead atoms. The quantitative estimate of drug-likeness (QED) is 0.883. The molecule has 0 radical (unpaired) electrons. The SMILES string of the molecule is O=C(Nc1cccc(-c2nnnn2C2CC2)c1)C1CC2CCCCC2N1. The van der Waals surface area contributed by atoms with Crippen molar-refractivity contribution in [2.75, 3.05) is 5.32 Å². The molecule has 3 fully saturated rings. The molecule has 3 unspecified atom stereocenters. The molecule has 1 aromatic carbocycles. The number of hydrogen-bond donors (Lipinski definition) is 2. The topological polar surface area (TPSA) is 84.7 Å². The number of carbonyl (C=O) groups excluding carboxylic acids is 1. The Morgan fingerprint density at radius 3 is 2.92 bits per heavy atom. The van der Waals surface area contributed by atoms with E-state index in [9.17, 15) is 4.79 Å². The first kappa shape index (κ1) is 15.9. The Balaban J connectivity index is 1.30. The molecule has 5 rings (SSSR count). The Kier molecular flexibility index (Phi) is 3.96. The lowest BCUT2D eigenvalue weighted by Crippen LogP contribution is -2.39. The number of rotatable bonds is 4. The van der Waals surface area contributed by atoms with Crippen LogP contribution in [0.15, 0.2) is 24.3 Å². The van der Waals surface area contributed by atoms with Gasteiger partial charge in [-0.15, -0.1) is 5.10 Å². The summed E-state index contributed by atoms with van der Waals surface area (Å²) < 4.78 is 1.89. The first-order valence-corrected chi connectivity index (χ1v) is 9.73. The molecule has 26 heavy (non-hydrogen) atoms.